The summed E-state index contributed by atoms with van der Waals surface area (Å²) in [5.74, 6) is 0.593. The summed E-state index contributed by atoms with van der Waals surface area (Å²) in [5, 5.41) is 10.5. The van der Waals surface area contributed by atoms with E-state index in [2.05, 4.69) is 15.4 Å². The molecule has 20 heavy (non-hydrogen) atoms. The molecule has 0 radical (unpaired) electrons. The summed E-state index contributed by atoms with van der Waals surface area (Å²) < 4.78 is 1.50. The summed E-state index contributed by atoms with van der Waals surface area (Å²) in [6.07, 6.45) is 3.89. The van der Waals surface area contributed by atoms with Crippen molar-refractivity contribution in [1.29, 1.82) is 0 Å². The molecule has 1 fully saturated rings. The van der Waals surface area contributed by atoms with E-state index >= 15 is 0 Å². The number of rotatable bonds is 5. The fourth-order valence-corrected chi connectivity index (χ4v) is 2.85. The lowest BCUT2D eigenvalue weighted by atomic mass is 10.4. The van der Waals surface area contributed by atoms with Gasteiger partial charge in [-0.3, -0.25) is 4.79 Å². The molecule has 1 aliphatic carbocycles. The number of anilines is 1. The number of nitrogens with zero attached hydrogens (tertiary/aromatic N) is 3. The first kappa shape index (κ1) is 13.6. The topological polar surface area (TPSA) is 59.8 Å². The summed E-state index contributed by atoms with van der Waals surface area (Å²) in [5.41, 5.74) is 1.24. The molecule has 0 saturated heterocycles. The molecule has 2 aromatic heterocycles. The van der Waals surface area contributed by atoms with Crippen molar-refractivity contribution in [2.24, 2.45) is 5.92 Å². The quantitative estimate of drug-likeness (QED) is 0.922. The maximum Gasteiger partial charge on any atom is 0.291 e. The second-order valence-electron chi connectivity index (χ2n) is 5.03. The number of hydrogen-bond acceptors (Lipinski definition) is 5. The van der Waals surface area contributed by atoms with Gasteiger partial charge in [0.1, 0.15) is 10.7 Å². The minimum Gasteiger partial charge on any atom is -0.373 e. The van der Waals surface area contributed by atoms with Gasteiger partial charge in [0.25, 0.3) is 5.56 Å². The van der Waals surface area contributed by atoms with E-state index < -0.39 is 0 Å². The number of nitrogens with one attached hydrogen (secondary N) is 1. The van der Waals surface area contributed by atoms with Crippen LogP contribution in [-0.4, -0.2) is 14.8 Å². The lowest BCUT2D eigenvalue weighted by Crippen LogP contribution is -2.26. The molecule has 2 heterocycles. The predicted molar refractivity (Wildman–Crippen MR) is 80.4 cm³/mol. The van der Waals surface area contributed by atoms with Crippen LogP contribution < -0.4 is 10.9 Å². The summed E-state index contributed by atoms with van der Waals surface area (Å²) >= 11 is 7.63. The second kappa shape index (κ2) is 5.54. The van der Waals surface area contributed by atoms with Crippen LogP contribution in [0.5, 0.6) is 0 Å². The van der Waals surface area contributed by atoms with Crippen molar-refractivity contribution in [3.63, 3.8) is 0 Å². The molecule has 106 valence electrons. The molecular formula is C13H15ClN4OS. The normalized spacial score (nSPS) is 14.5. The maximum absolute atomic E-state index is 12.3. The summed E-state index contributed by atoms with van der Waals surface area (Å²) in [7, 11) is 0. The monoisotopic (exact) mass is 310 g/mol. The van der Waals surface area contributed by atoms with Crippen LogP contribution in [0, 0.1) is 12.8 Å². The molecular weight excluding hydrogens is 296 g/mol. The fraction of sp³-hybridized carbons (Fsp3) is 0.462. The number of hydrogen-bond donors (Lipinski definition) is 1. The zero-order chi connectivity index (χ0) is 14.1. The van der Waals surface area contributed by atoms with Gasteiger partial charge in [-0.15, -0.1) is 11.3 Å². The zero-order valence-electron chi connectivity index (χ0n) is 11.1. The zero-order valence-corrected chi connectivity index (χ0v) is 12.7. The van der Waals surface area contributed by atoms with Crippen LogP contribution in [-0.2, 0) is 13.1 Å². The Labute approximate surface area is 125 Å². The van der Waals surface area contributed by atoms with Gasteiger partial charge in [-0.05, 0) is 25.7 Å². The van der Waals surface area contributed by atoms with Gasteiger partial charge in [0.15, 0.2) is 0 Å². The van der Waals surface area contributed by atoms with Crippen LogP contribution in [0.15, 0.2) is 16.4 Å². The third-order valence-electron chi connectivity index (χ3n) is 3.21. The third kappa shape index (κ3) is 3.02. The molecule has 0 unspecified atom stereocenters. The number of thiazole rings is 1. The van der Waals surface area contributed by atoms with E-state index in [1.165, 1.54) is 23.7 Å². The first-order valence-corrected chi connectivity index (χ1v) is 7.79. The van der Waals surface area contributed by atoms with Crippen molar-refractivity contribution in [2.45, 2.75) is 32.9 Å². The van der Waals surface area contributed by atoms with Crippen LogP contribution in [0.3, 0.4) is 0 Å². The molecule has 0 amide bonds. The lowest BCUT2D eigenvalue weighted by Gasteiger charge is -2.09. The van der Waals surface area contributed by atoms with E-state index in [0.717, 1.165) is 10.7 Å². The van der Waals surface area contributed by atoms with E-state index in [-0.39, 0.29) is 5.56 Å². The van der Waals surface area contributed by atoms with E-state index in [0.29, 0.717) is 29.7 Å². The lowest BCUT2D eigenvalue weighted by molar-refractivity contribution is 0.534. The van der Waals surface area contributed by atoms with E-state index in [9.17, 15) is 4.79 Å². The molecule has 0 atom stereocenters. The molecule has 1 aliphatic rings. The molecule has 1 saturated carbocycles. The molecule has 5 nitrogen and oxygen atoms in total. The number of aryl methyl sites for hydroxylation is 1. The van der Waals surface area contributed by atoms with Crippen LogP contribution in [0.25, 0.3) is 0 Å². The van der Waals surface area contributed by atoms with Gasteiger partial charge < -0.3 is 5.32 Å². The maximum atomic E-state index is 12.3. The van der Waals surface area contributed by atoms with Crippen molar-refractivity contribution < 1.29 is 0 Å². The van der Waals surface area contributed by atoms with Crippen molar-refractivity contribution in [3.8, 4) is 0 Å². The third-order valence-corrected chi connectivity index (χ3v) is 4.46. The van der Waals surface area contributed by atoms with Gasteiger partial charge in [-0.25, -0.2) is 9.67 Å². The molecule has 3 rings (SSSR count). The summed E-state index contributed by atoms with van der Waals surface area (Å²) in [4.78, 5) is 16.7. The van der Waals surface area contributed by atoms with Gasteiger partial charge in [0.2, 0.25) is 0 Å². The Hall–Kier alpha value is -1.40. The SMILES string of the molecule is Cc1csc(CNc2c(Cl)cnn(CC3CC3)c2=O)n1. The molecule has 0 spiro atoms. The first-order chi connectivity index (χ1) is 9.63. The number of halogens is 1. The van der Waals surface area contributed by atoms with Crippen molar-refractivity contribution in [1.82, 2.24) is 14.8 Å². The summed E-state index contributed by atoms with van der Waals surface area (Å²) in [6.45, 7) is 3.13. The highest BCUT2D eigenvalue weighted by Gasteiger charge is 2.23. The van der Waals surface area contributed by atoms with E-state index in [4.69, 9.17) is 11.6 Å². The van der Waals surface area contributed by atoms with Crippen molar-refractivity contribution in [3.05, 3.63) is 37.7 Å². The molecule has 0 bridgehead atoms. The standard InChI is InChI=1S/C13H15ClN4OS/c1-8-7-20-11(17-8)5-15-12-10(14)4-16-18(13(12)19)6-9-2-3-9/h4,7,9,15H,2-3,5-6H2,1H3. The second-order valence-corrected chi connectivity index (χ2v) is 6.38. The summed E-state index contributed by atoms with van der Waals surface area (Å²) in [6, 6.07) is 0. The van der Waals surface area contributed by atoms with Crippen LogP contribution in [0.4, 0.5) is 5.69 Å². The highest BCUT2D eigenvalue weighted by Crippen LogP contribution is 2.30. The van der Waals surface area contributed by atoms with E-state index in [1.807, 2.05) is 12.3 Å². The minimum absolute atomic E-state index is 0.155. The van der Waals surface area contributed by atoms with E-state index in [1.54, 1.807) is 11.3 Å². The van der Waals surface area contributed by atoms with Gasteiger partial charge in [-0.1, -0.05) is 11.6 Å². The van der Waals surface area contributed by atoms with Gasteiger partial charge in [0.05, 0.1) is 17.8 Å². The van der Waals surface area contributed by atoms with Gasteiger partial charge in [0, 0.05) is 17.6 Å². The molecule has 7 heteroatoms. The Morgan fingerprint density at radius 3 is 3.00 bits per heavy atom. The average Bonchev–Trinajstić information content (AvgIpc) is 3.14. The highest BCUT2D eigenvalue weighted by molar-refractivity contribution is 7.09. The highest BCUT2D eigenvalue weighted by atomic mass is 35.5. The molecule has 2 aromatic rings. The molecule has 1 N–H and O–H groups in total. The minimum atomic E-state index is -0.155. The van der Waals surface area contributed by atoms with Gasteiger partial charge in [-0.2, -0.15) is 5.10 Å². The van der Waals surface area contributed by atoms with Gasteiger partial charge >= 0.3 is 0 Å². The fourth-order valence-electron chi connectivity index (χ4n) is 1.95. The van der Waals surface area contributed by atoms with Crippen LogP contribution >= 0.6 is 22.9 Å². The first-order valence-electron chi connectivity index (χ1n) is 6.54. The Kier molecular flexibility index (Phi) is 3.76. The number of aromatic nitrogens is 3. The largest absolute Gasteiger partial charge is 0.373 e. The predicted octanol–water partition coefficient (Wildman–Crippen LogP) is 2.68. The molecule has 0 aliphatic heterocycles. The van der Waals surface area contributed by atoms with Crippen LogP contribution in [0.2, 0.25) is 5.02 Å². The Morgan fingerprint density at radius 1 is 1.55 bits per heavy atom. The Morgan fingerprint density at radius 2 is 2.35 bits per heavy atom. The average molecular weight is 311 g/mol. The van der Waals surface area contributed by atoms with Crippen LogP contribution in [0.1, 0.15) is 23.5 Å². The van der Waals surface area contributed by atoms with Crippen molar-refractivity contribution in [2.75, 3.05) is 5.32 Å². The Balaban J connectivity index is 1.78. The van der Waals surface area contributed by atoms with Crippen molar-refractivity contribution >= 4 is 28.6 Å². The smallest absolute Gasteiger partial charge is 0.291 e. The molecule has 0 aromatic carbocycles. The Bertz CT molecular complexity index is 677.